The van der Waals surface area contributed by atoms with E-state index in [9.17, 15) is 0 Å². The van der Waals surface area contributed by atoms with E-state index in [4.69, 9.17) is 0 Å². The highest BCUT2D eigenvalue weighted by atomic mass is 35.5. The maximum absolute atomic E-state index is 4.29. The Hall–Kier alpha value is -0.800. The minimum Gasteiger partial charge on any atom is -0.369 e. The van der Waals surface area contributed by atoms with Crippen LogP contribution in [-0.2, 0) is 0 Å². The molecule has 1 saturated heterocycles. The Balaban J connectivity index is 0.00000128. The summed E-state index contributed by atoms with van der Waals surface area (Å²) in [7, 11) is 0. The van der Waals surface area contributed by atoms with Crippen molar-refractivity contribution in [1.29, 1.82) is 0 Å². The summed E-state index contributed by atoms with van der Waals surface area (Å²) in [6, 6.07) is 4.72. The van der Waals surface area contributed by atoms with Gasteiger partial charge >= 0.3 is 0 Å². The zero-order chi connectivity index (χ0) is 10.5. The lowest BCUT2D eigenvalue weighted by atomic mass is 10.1. The predicted molar refractivity (Wildman–Crippen MR) is 70.4 cm³/mol. The van der Waals surface area contributed by atoms with Crippen LogP contribution in [0.2, 0.25) is 0 Å². The monoisotopic (exact) mass is 241 g/mol. The second-order valence-corrected chi connectivity index (χ2v) is 4.25. The van der Waals surface area contributed by atoms with Crippen molar-refractivity contribution in [2.24, 2.45) is 0 Å². The molecule has 0 saturated carbocycles. The highest BCUT2D eigenvalue weighted by Crippen LogP contribution is 2.09. The van der Waals surface area contributed by atoms with E-state index >= 15 is 0 Å². The van der Waals surface area contributed by atoms with Crippen molar-refractivity contribution >= 4 is 18.2 Å². The molecule has 1 aromatic heterocycles. The third-order valence-corrected chi connectivity index (χ3v) is 2.86. The molecule has 1 aliphatic rings. The first-order valence-corrected chi connectivity index (χ1v) is 5.74. The van der Waals surface area contributed by atoms with Crippen LogP contribution < -0.4 is 10.6 Å². The quantitative estimate of drug-likeness (QED) is 0.853. The van der Waals surface area contributed by atoms with Crippen molar-refractivity contribution in [3.8, 4) is 0 Å². The molecule has 0 radical (unpaired) electrons. The number of pyridine rings is 1. The van der Waals surface area contributed by atoms with Crippen molar-refractivity contribution in [2.75, 3.05) is 18.4 Å². The number of nitrogens with zero attached hydrogens (tertiary/aromatic N) is 1. The first kappa shape index (κ1) is 13.3. The standard InChI is InChI=1S/C12H19N3.ClH/c1-10-5-7-14-12(8-10)15-9-11-4-2-3-6-13-11;/h5,7-8,11,13H,2-4,6,9H2,1H3,(H,14,15);1H. The number of halogens is 1. The second kappa shape index (κ2) is 6.71. The molecule has 2 N–H and O–H groups in total. The van der Waals surface area contributed by atoms with Gasteiger partial charge in [0.25, 0.3) is 0 Å². The second-order valence-electron chi connectivity index (χ2n) is 4.25. The lowest BCUT2D eigenvalue weighted by Crippen LogP contribution is -2.39. The maximum Gasteiger partial charge on any atom is 0.126 e. The molecule has 0 aliphatic carbocycles. The van der Waals surface area contributed by atoms with Crippen LogP contribution in [0.5, 0.6) is 0 Å². The molecule has 0 spiro atoms. The molecule has 16 heavy (non-hydrogen) atoms. The summed E-state index contributed by atoms with van der Waals surface area (Å²) in [6.07, 6.45) is 5.80. The first-order valence-electron chi connectivity index (χ1n) is 5.74. The number of hydrogen-bond acceptors (Lipinski definition) is 3. The molecule has 2 heterocycles. The van der Waals surface area contributed by atoms with E-state index in [1.54, 1.807) is 0 Å². The Bertz CT molecular complexity index is 311. The summed E-state index contributed by atoms with van der Waals surface area (Å²) >= 11 is 0. The third-order valence-electron chi connectivity index (χ3n) is 2.86. The van der Waals surface area contributed by atoms with Crippen LogP contribution in [0.3, 0.4) is 0 Å². The molecule has 3 nitrogen and oxygen atoms in total. The summed E-state index contributed by atoms with van der Waals surface area (Å²) in [6.45, 7) is 4.23. The van der Waals surface area contributed by atoms with E-state index in [1.807, 2.05) is 12.3 Å². The van der Waals surface area contributed by atoms with E-state index in [0.717, 1.165) is 18.9 Å². The number of hydrogen-bond donors (Lipinski definition) is 2. The Kier molecular flexibility index (Phi) is 5.56. The number of rotatable bonds is 3. The van der Waals surface area contributed by atoms with Gasteiger partial charge in [-0.3, -0.25) is 0 Å². The smallest absolute Gasteiger partial charge is 0.126 e. The summed E-state index contributed by atoms with van der Waals surface area (Å²) in [4.78, 5) is 4.29. The molecule has 1 aliphatic heterocycles. The van der Waals surface area contributed by atoms with Crippen molar-refractivity contribution < 1.29 is 0 Å². The van der Waals surface area contributed by atoms with Gasteiger partial charge in [-0.05, 0) is 44.0 Å². The number of piperidine rings is 1. The number of anilines is 1. The van der Waals surface area contributed by atoms with Crippen molar-refractivity contribution in [3.05, 3.63) is 23.9 Å². The topological polar surface area (TPSA) is 37.0 Å². The molecule has 0 amide bonds. The van der Waals surface area contributed by atoms with E-state index < -0.39 is 0 Å². The lowest BCUT2D eigenvalue weighted by molar-refractivity contribution is 0.414. The van der Waals surface area contributed by atoms with Gasteiger partial charge in [0.15, 0.2) is 0 Å². The van der Waals surface area contributed by atoms with Gasteiger partial charge in [0.1, 0.15) is 5.82 Å². The highest BCUT2D eigenvalue weighted by molar-refractivity contribution is 5.85. The Morgan fingerprint density at radius 3 is 3.06 bits per heavy atom. The molecule has 4 heteroatoms. The van der Waals surface area contributed by atoms with Crippen molar-refractivity contribution in [2.45, 2.75) is 32.2 Å². The fourth-order valence-corrected chi connectivity index (χ4v) is 1.96. The highest BCUT2D eigenvalue weighted by Gasteiger charge is 2.11. The first-order chi connectivity index (χ1) is 7.34. The van der Waals surface area contributed by atoms with Crippen LogP contribution in [0.4, 0.5) is 5.82 Å². The molecule has 1 unspecified atom stereocenters. The molecule has 1 atom stereocenters. The Morgan fingerprint density at radius 1 is 1.50 bits per heavy atom. The average Bonchev–Trinajstić information content (AvgIpc) is 2.28. The fraction of sp³-hybridized carbons (Fsp3) is 0.583. The zero-order valence-corrected chi connectivity index (χ0v) is 10.5. The van der Waals surface area contributed by atoms with Gasteiger partial charge in [-0.15, -0.1) is 12.4 Å². The molecule has 0 bridgehead atoms. The minimum atomic E-state index is 0. The van der Waals surface area contributed by atoms with Crippen LogP contribution in [0.15, 0.2) is 18.3 Å². The lowest BCUT2D eigenvalue weighted by Gasteiger charge is -2.23. The van der Waals surface area contributed by atoms with Gasteiger partial charge in [0, 0.05) is 18.8 Å². The molecule has 1 aromatic rings. The van der Waals surface area contributed by atoms with Crippen molar-refractivity contribution in [1.82, 2.24) is 10.3 Å². The van der Waals surface area contributed by atoms with Crippen molar-refractivity contribution in [3.63, 3.8) is 0 Å². The van der Waals surface area contributed by atoms with Gasteiger partial charge in [-0.1, -0.05) is 6.42 Å². The summed E-state index contributed by atoms with van der Waals surface area (Å²) < 4.78 is 0. The van der Waals surface area contributed by atoms with Crippen LogP contribution in [0, 0.1) is 6.92 Å². The van der Waals surface area contributed by atoms with Gasteiger partial charge in [-0.25, -0.2) is 4.98 Å². The maximum atomic E-state index is 4.29. The third kappa shape index (κ3) is 3.99. The molecule has 2 rings (SSSR count). The van der Waals surface area contributed by atoms with Gasteiger partial charge in [-0.2, -0.15) is 0 Å². The SMILES string of the molecule is Cc1ccnc(NCC2CCCCN2)c1.Cl. The van der Waals surface area contributed by atoms with Crippen LogP contribution in [0.25, 0.3) is 0 Å². The summed E-state index contributed by atoms with van der Waals surface area (Å²) in [5.74, 6) is 0.988. The van der Waals surface area contributed by atoms with Crippen LogP contribution in [0.1, 0.15) is 24.8 Å². The molecular formula is C12H20ClN3. The zero-order valence-electron chi connectivity index (χ0n) is 9.70. The molecule has 0 aromatic carbocycles. The predicted octanol–water partition coefficient (Wildman–Crippen LogP) is 2.37. The van der Waals surface area contributed by atoms with E-state index in [-0.39, 0.29) is 12.4 Å². The van der Waals surface area contributed by atoms with Gasteiger partial charge in [0.05, 0.1) is 0 Å². The number of aryl methyl sites for hydroxylation is 1. The Labute approximate surface area is 103 Å². The minimum absolute atomic E-state index is 0. The fourth-order valence-electron chi connectivity index (χ4n) is 1.96. The molecular weight excluding hydrogens is 222 g/mol. The van der Waals surface area contributed by atoms with Crippen LogP contribution in [-0.4, -0.2) is 24.1 Å². The van der Waals surface area contributed by atoms with Crippen LogP contribution >= 0.6 is 12.4 Å². The normalized spacial score (nSPS) is 19.9. The van der Waals surface area contributed by atoms with E-state index in [1.165, 1.54) is 24.8 Å². The average molecular weight is 242 g/mol. The van der Waals surface area contributed by atoms with E-state index in [2.05, 4.69) is 28.6 Å². The Morgan fingerprint density at radius 2 is 2.38 bits per heavy atom. The molecule has 1 fully saturated rings. The van der Waals surface area contributed by atoms with Gasteiger partial charge in [0.2, 0.25) is 0 Å². The molecule has 90 valence electrons. The largest absolute Gasteiger partial charge is 0.369 e. The summed E-state index contributed by atoms with van der Waals surface area (Å²) in [5, 5.41) is 6.90. The summed E-state index contributed by atoms with van der Waals surface area (Å²) in [5.41, 5.74) is 1.25. The van der Waals surface area contributed by atoms with Gasteiger partial charge < -0.3 is 10.6 Å². The van der Waals surface area contributed by atoms with E-state index in [0.29, 0.717) is 6.04 Å². The number of aromatic nitrogens is 1. The number of nitrogens with one attached hydrogen (secondary N) is 2.